The van der Waals surface area contributed by atoms with E-state index in [-0.39, 0.29) is 6.42 Å². The second kappa shape index (κ2) is 14.7. The topological polar surface area (TPSA) is 190 Å². The molecule has 1 aromatic rings. The van der Waals surface area contributed by atoms with Crippen molar-refractivity contribution in [3.63, 3.8) is 0 Å². The zero-order valence-corrected chi connectivity index (χ0v) is 25.1. The van der Waals surface area contributed by atoms with Crippen molar-refractivity contribution >= 4 is 0 Å². The van der Waals surface area contributed by atoms with E-state index in [2.05, 4.69) is 6.92 Å². The molecule has 1 unspecified atom stereocenters. The second-order valence-corrected chi connectivity index (χ2v) is 12.6. The summed E-state index contributed by atoms with van der Waals surface area (Å²) in [5.74, 6) is -4.73. The molecule has 11 nitrogen and oxygen atoms in total. The van der Waals surface area contributed by atoms with Crippen LogP contribution in [0.2, 0.25) is 0 Å². The Morgan fingerprint density at radius 1 is 0.786 bits per heavy atom. The Kier molecular flexibility index (Phi) is 12.3. The van der Waals surface area contributed by atoms with Gasteiger partial charge >= 0.3 is 0 Å². The quantitative estimate of drug-likeness (QED) is 0.125. The molecule has 8 N–H and O–H groups in total. The number of aliphatic hydroxyl groups excluding tert-OH is 7. The monoisotopic (exact) mass is 600 g/mol. The Morgan fingerprint density at radius 2 is 1.33 bits per heavy atom. The number of rotatable bonds is 16. The maximum Gasteiger partial charge on any atom is 0.224 e. The van der Waals surface area contributed by atoms with Crippen LogP contribution in [0.4, 0.5) is 0 Å². The van der Waals surface area contributed by atoms with E-state index in [0.29, 0.717) is 18.4 Å². The lowest BCUT2D eigenvalue weighted by Crippen LogP contribution is -2.80. The number of unbranched alkanes of at least 4 members (excludes halogenated alkanes) is 6. The lowest BCUT2D eigenvalue weighted by molar-refractivity contribution is -0.472. The second-order valence-electron chi connectivity index (χ2n) is 12.6. The first-order chi connectivity index (χ1) is 19.9. The maximum atomic E-state index is 12.8. The Bertz CT molecular complexity index is 948. The molecule has 9 atom stereocenters. The minimum atomic E-state index is -2.41. The molecule has 42 heavy (non-hydrogen) atoms. The van der Waals surface area contributed by atoms with Gasteiger partial charge in [0.25, 0.3) is 0 Å². The third-order valence-corrected chi connectivity index (χ3v) is 9.20. The van der Waals surface area contributed by atoms with Crippen LogP contribution in [0, 0.1) is 5.41 Å². The number of benzene rings is 1. The van der Waals surface area contributed by atoms with Crippen LogP contribution in [-0.2, 0) is 20.6 Å². The zero-order valence-electron chi connectivity index (χ0n) is 25.1. The summed E-state index contributed by atoms with van der Waals surface area (Å²) < 4.78 is 18.3. The molecule has 0 aromatic heterocycles. The largest absolute Gasteiger partial charge is 0.394 e. The summed E-state index contributed by atoms with van der Waals surface area (Å²) in [6, 6.07) is 8.74. The van der Waals surface area contributed by atoms with Crippen LogP contribution >= 0.6 is 0 Å². The molecule has 2 heterocycles. The number of hydrogen-bond acceptors (Lipinski definition) is 11. The van der Waals surface area contributed by atoms with Crippen molar-refractivity contribution in [2.24, 2.45) is 5.41 Å². The first-order valence-electron chi connectivity index (χ1n) is 15.3. The molecular weight excluding hydrogens is 548 g/mol. The Labute approximate surface area is 248 Å². The standard InChI is InChI=1S/C31H52O11/c1-4-5-6-7-8-9-13-16-28(2,3)31(39)27(38)25(36)23(19-33)41-30(31,17-21-14-11-10-12-15-21)42-29(20-34)26(37)24(35)22(18-32)40-29/h10-12,14-15,22-27,32-39H,4-9,13,16-20H2,1-3H3/t22-,23-,24-,25-,26+,27+,29?,30+,31+/m1/s1. The highest BCUT2D eigenvalue weighted by Crippen LogP contribution is 2.55. The number of ether oxygens (including phenoxy) is 3. The van der Waals surface area contributed by atoms with Crippen LogP contribution in [0.3, 0.4) is 0 Å². The molecule has 0 amide bonds. The first-order valence-corrected chi connectivity index (χ1v) is 15.3. The van der Waals surface area contributed by atoms with Crippen molar-refractivity contribution in [2.45, 2.75) is 132 Å². The van der Waals surface area contributed by atoms with Crippen molar-refractivity contribution in [3.8, 4) is 0 Å². The summed E-state index contributed by atoms with van der Waals surface area (Å²) in [4.78, 5) is 0. The van der Waals surface area contributed by atoms with Crippen LogP contribution in [0.1, 0.15) is 77.7 Å². The molecule has 0 aliphatic carbocycles. The fraction of sp³-hybridized carbons (Fsp3) is 0.806. The molecule has 11 heteroatoms. The molecule has 3 rings (SSSR count). The van der Waals surface area contributed by atoms with Gasteiger partial charge in [-0.25, -0.2) is 0 Å². The highest BCUT2D eigenvalue weighted by Gasteiger charge is 2.73. The molecule has 1 aromatic carbocycles. The minimum absolute atomic E-state index is 0.261. The molecule has 0 bridgehead atoms. The van der Waals surface area contributed by atoms with Gasteiger partial charge in [-0.15, -0.1) is 0 Å². The number of aliphatic hydroxyl groups is 8. The van der Waals surface area contributed by atoms with Crippen LogP contribution in [0.25, 0.3) is 0 Å². The molecular formula is C31H52O11. The highest BCUT2D eigenvalue weighted by molar-refractivity contribution is 5.23. The smallest absolute Gasteiger partial charge is 0.224 e. The van der Waals surface area contributed by atoms with E-state index in [1.54, 1.807) is 44.2 Å². The van der Waals surface area contributed by atoms with Gasteiger partial charge in [-0.1, -0.05) is 96.0 Å². The van der Waals surface area contributed by atoms with Crippen molar-refractivity contribution in [3.05, 3.63) is 35.9 Å². The zero-order chi connectivity index (χ0) is 31.2. The third-order valence-electron chi connectivity index (χ3n) is 9.20. The Balaban J connectivity index is 2.10. The average Bonchev–Trinajstić information content (AvgIpc) is 3.22. The third kappa shape index (κ3) is 6.72. The van der Waals surface area contributed by atoms with Gasteiger partial charge in [0.2, 0.25) is 11.6 Å². The SMILES string of the molecule is CCCCCCCCCC(C)(C)[C@@]1(O)[C@@H](O)[C@H](O)[C@@H](CO)O[C@@]1(Cc1ccccc1)OC1(CO)O[C@H](CO)[C@@H](O)[C@@H]1O. The minimum Gasteiger partial charge on any atom is -0.394 e. The van der Waals surface area contributed by atoms with E-state index in [9.17, 15) is 40.9 Å². The predicted molar refractivity (Wildman–Crippen MR) is 153 cm³/mol. The molecule has 2 fully saturated rings. The van der Waals surface area contributed by atoms with Crippen molar-refractivity contribution in [1.82, 2.24) is 0 Å². The van der Waals surface area contributed by atoms with Gasteiger partial charge in [0.1, 0.15) is 43.2 Å². The molecule has 2 aliphatic rings. The van der Waals surface area contributed by atoms with E-state index < -0.39 is 79.0 Å². The van der Waals surface area contributed by atoms with Gasteiger partial charge in [-0.2, -0.15) is 0 Å². The van der Waals surface area contributed by atoms with Gasteiger partial charge in [0.15, 0.2) is 5.60 Å². The summed E-state index contributed by atoms with van der Waals surface area (Å²) >= 11 is 0. The van der Waals surface area contributed by atoms with Crippen LogP contribution in [-0.4, -0.2) is 114 Å². The molecule has 2 aliphatic heterocycles. The van der Waals surface area contributed by atoms with Crippen LogP contribution in [0.15, 0.2) is 30.3 Å². The Morgan fingerprint density at radius 3 is 1.88 bits per heavy atom. The first kappa shape index (κ1) is 35.3. The predicted octanol–water partition coefficient (Wildman–Crippen LogP) is 0.754. The van der Waals surface area contributed by atoms with E-state index in [1.165, 1.54) is 6.42 Å². The molecule has 0 radical (unpaired) electrons. The highest BCUT2D eigenvalue weighted by atomic mass is 16.8. The molecule has 0 spiro atoms. The molecule has 242 valence electrons. The van der Waals surface area contributed by atoms with Gasteiger partial charge in [-0.3, -0.25) is 0 Å². The summed E-state index contributed by atoms with van der Waals surface area (Å²) in [5.41, 5.74) is -3.04. The van der Waals surface area contributed by atoms with E-state index in [1.807, 2.05) is 0 Å². The van der Waals surface area contributed by atoms with E-state index >= 15 is 0 Å². The van der Waals surface area contributed by atoms with E-state index in [4.69, 9.17) is 14.2 Å². The number of hydrogen-bond donors (Lipinski definition) is 8. The molecule has 2 saturated heterocycles. The van der Waals surface area contributed by atoms with Gasteiger partial charge in [0, 0.05) is 11.8 Å². The summed E-state index contributed by atoms with van der Waals surface area (Å²) in [5, 5.41) is 87.4. The lowest BCUT2D eigenvalue weighted by Gasteiger charge is -2.62. The van der Waals surface area contributed by atoms with Gasteiger partial charge < -0.3 is 55.1 Å². The van der Waals surface area contributed by atoms with Crippen LogP contribution in [0.5, 0.6) is 0 Å². The molecule has 0 saturated carbocycles. The fourth-order valence-electron chi connectivity index (χ4n) is 6.57. The fourth-order valence-corrected chi connectivity index (χ4v) is 6.57. The summed E-state index contributed by atoms with van der Waals surface area (Å²) in [6.45, 7) is 3.12. The van der Waals surface area contributed by atoms with Crippen LogP contribution < -0.4 is 0 Å². The normalized spacial score (nSPS) is 37.3. The van der Waals surface area contributed by atoms with E-state index in [0.717, 1.165) is 32.1 Å². The average molecular weight is 601 g/mol. The maximum absolute atomic E-state index is 12.8. The van der Waals surface area contributed by atoms with Gasteiger partial charge in [-0.05, 0) is 12.0 Å². The van der Waals surface area contributed by atoms with Gasteiger partial charge in [0.05, 0.1) is 13.2 Å². The lowest BCUT2D eigenvalue weighted by atomic mass is 9.60. The summed E-state index contributed by atoms with van der Waals surface area (Å²) in [7, 11) is 0. The summed E-state index contributed by atoms with van der Waals surface area (Å²) in [6.07, 6.45) is -2.68. The Hall–Kier alpha value is -1.22. The van der Waals surface area contributed by atoms with Crippen molar-refractivity contribution < 1.29 is 55.1 Å². The van der Waals surface area contributed by atoms with Crippen molar-refractivity contribution in [1.29, 1.82) is 0 Å². The van der Waals surface area contributed by atoms with Crippen molar-refractivity contribution in [2.75, 3.05) is 19.8 Å².